The van der Waals surface area contributed by atoms with Crippen LogP contribution >= 0.6 is 11.6 Å². The highest BCUT2D eigenvalue weighted by Gasteiger charge is 2.60. The summed E-state index contributed by atoms with van der Waals surface area (Å²) in [6.07, 6.45) is -2.37. The molecule has 2 fully saturated rings. The lowest BCUT2D eigenvalue weighted by atomic mass is 9.84. The van der Waals surface area contributed by atoms with E-state index in [1.165, 1.54) is 12.1 Å². The molecule has 1 aromatic carbocycles. The van der Waals surface area contributed by atoms with Crippen molar-refractivity contribution in [2.75, 3.05) is 20.3 Å². The van der Waals surface area contributed by atoms with Crippen molar-refractivity contribution in [3.8, 4) is 0 Å². The van der Waals surface area contributed by atoms with Gasteiger partial charge in [-0.2, -0.15) is 13.2 Å². The van der Waals surface area contributed by atoms with Crippen LogP contribution in [0, 0.1) is 11.3 Å². The molecule has 1 aliphatic heterocycles. The smallest absolute Gasteiger partial charge is 0.384 e. The lowest BCUT2D eigenvalue weighted by Gasteiger charge is -2.33. The zero-order valence-corrected chi connectivity index (χ0v) is 12.4. The maximum absolute atomic E-state index is 13.0. The Bertz CT molecular complexity index is 548. The molecule has 0 aromatic heterocycles. The zero-order chi connectivity index (χ0) is 15.3. The predicted octanol–water partition coefficient (Wildman–Crippen LogP) is 4.05. The quantitative estimate of drug-likeness (QED) is 0.907. The number of hydrogen-bond donors (Lipinski definition) is 1. The molecular weight excluding hydrogens is 303 g/mol. The Balaban J connectivity index is 1.96. The number of methoxy groups -OCH3 is 1. The third-order valence-electron chi connectivity index (χ3n) is 4.74. The third kappa shape index (κ3) is 2.56. The van der Waals surface area contributed by atoms with Crippen molar-refractivity contribution >= 4 is 11.6 Å². The van der Waals surface area contributed by atoms with Gasteiger partial charge in [-0.3, -0.25) is 0 Å². The van der Waals surface area contributed by atoms with Gasteiger partial charge < -0.3 is 10.1 Å². The fourth-order valence-corrected chi connectivity index (χ4v) is 3.89. The van der Waals surface area contributed by atoms with Gasteiger partial charge in [0.15, 0.2) is 0 Å². The number of fused-ring (bicyclic) bond motifs is 1. The minimum absolute atomic E-state index is 0.0658. The minimum atomic E-state index is -4.43. The first-order chi connectivity index (χ1) is 9.88. The molecule has 2 aliphatic rings. The Labute approximate surface area is 126 Å². The van der Waals surface area contributed by atoms with E-state index < -0.39 is 11.7 Å². The van der Waals surface area contributed by atoms with Crippen LogP contribution in [0.4, 0.5) is 13.2 Å². The highest BCUT2D eigenvalue weighted by molar-refractivity contribution is 6.31. The number of hydrogen-bond acceptors (Lipinski definition) is 2. The second-order valence-electron chi connectivity index (χ2n) is 5.98. The van der Waals surface area contributed by atoms with Gasteiger partial charge in [-0.25, -0.2) is 0 Å². The van der Waals surface area contributed by atoms with Crippen molar-refractivity contribution in [3.63, 3.8) is 0 Å². The van der Waals surface area contributed by atoms with Gasteiger partial charge in [-0.05, 0) is 43.0 Å². The third-order valence-corrected chi connectivity index (χ3v) is 5.07. The largest absolute Gasteiger partial charge is 0.417 e. The van der Waals surface area contributed by atoms with Gasteiger partial charge in [0.05, 0.1) is 17.2 Å². The molecule has 1 heterocycles. The van der Waals surface area contributed by atoms with Crippen molar-refractivity contribution < 1.29 is 17.9 Å². The van der Waals surface area contributed by atoms with Gasteiger partial charge in [0.25, 0.3) is 0 Å². The summed E-state index contributed by atoms with van der Waals surface area (Å²) < 4.78 is 44.4. The van der Waals surface area contributed by atoms with E-state index >= 15 is 0 Å². The van der Waals surface area contributed by atoms with E-state index in [-0.39, 0.29) is 16.5 Å². The molecule has 0 bridgehead atoms. The Kier molecular flexibility index (Phi) is 3.71. The van der Waals surface area contributed by atoms with Crippen LogP contribution in [-0.4, -0.2) is 20.3 Å². The lowest BCUT2D eigenvalue weighted by molar-refractivity contribution is -0.137. The Hall–Kier alpha value is -0.780. The number of piperidine rings is 1. The SMILES string of the molecule is COC[C@@]12C[C@@H]1CCNC2c1ccc(Cl)c(C(F)(F)F)c1. The molecule has 6 heteroatoms. The number of nitrogens with one attached hydrogen (secondary N) is 1. The summed E-state index contributed by atoms with van der Waals surface area (Å²) in [5.74, 6) is 0.536. The molecule has 0 radical (unpaired) electrons. The van der Waals surface area contributed by atoms with Crippen molar-refractivity contribution in [1.29, 1.82) is 0 Å². The molecule has 1 N–H and O–H groups in total. The van der Waals surface area contributed by atoms with E-state index in [0.29, 0.717) is 18.1 Å². The number of halogens is 4. The summed E-state index contributed by atoms with van der Waals surface area (Å²) in [4.78, 5) is 0. The van der Waals surface area contributed by atoms with Crippen LogP contribution in [0.1, 0.15) is 30.0 Å². The molecule has 3 atom stereocenters. The van der Waals surface area contributed by atoms with Gasteiger partial charge >= 0.3 is 6.18 Å². The van der Waals surface area contributed by atoms with E-state index in [9.17, 15) is 13.2 Å². The van der Waals surface area contributed by atoms with Crippen LogP contribution in [0.25, 0.3) is 0 Å². The monoisotopic (exact) mass is 319 g/mol. The molecular formula is C15H17ClF3NO. The fraction of sp³-hybridized carbons (Fsp3) is 0.600. The number of benzene rings is 1. The average Bonchev–Trinajstić information content (AvgIpc) is 3.12. The summed E-state index contributed by atoms with van der Waals surface area (Å²) in [7, 11) is 1.64. The molecule has 21 heavy (non-hydrogen) atoms. The predicted molar refractivity (Wildman–Crippen MR) is 74.2 cm³/mol. The highest BCUT2D eigenvalue weighted by Crippen LogP contribution is 2.63. The number of rotatable bonds is 3. The summed E-state index contributed by atoms with van der Waals surface area (Å²) in [6, 6.07) is 4.11. The Morgan fingerprint density at radius 2 is 2.19 bits per heavy atom. The first kappa shape index (κ1) is 15.1. The molecule has 1 saturated carbocycles. The topological polar surface area (TPSA) is 21.3 Å². The van der Waals surface area contributed by atoms with Gasteiger partial charge in [0, 0.05) is 18.6 Å². The minimum Gasteiger partial charge on any atom is -0.384 e. The van der Waals surface area contributed by atoms with Crippen LogP contribution in [0.3, 0.4) is 0 Å². The second kappa shape index (κ2) is 5.14. The molecule has 2 nitrogen and oxygen atoms in total. The number of ether oxygens (including phenoxy) is 1. The molecule has 116 valence electrons. The maximum atomic E-state index is 13.0. The molecule has 1 aromatic rings. The molecule has 1 unspecified atom stereocenters. The summed E-state index contributed by atoms with van der Waals surface area (Å²) in [6.45, 7) is 1.39. The lowest BCUT2D eigenvalue weighted by Crippen LogP contribution is -2.38. The second-order valence-corrected chi connectivity index (χ2v) is 6.39. The van der Waals surface area contributed by atoms with E-state index in [1.54, 1.807) is 13.2 Å². The van der Waals surface area contributed by atoms with Crippen molar-refractivity contribution in [1.82, 2.24) is 5.32 Å². The number of alkyl halides is 3. The first-order valence-electron chi connectivity index (χ1n) is 6.97. The maximum Gasteiger partial charge on any atom is 0.417 e. The van der Waals surface area contributed by atoms with Gasteiger partial charge in [0.2, 0.25) is 0 Å². The van der Waals surface area contributed by atoms with Crippen LogP contribution in [0.5, 0.6) is 0 Å². The molecule has 1 aliphatic carbocycles. The van der Waals surface area contributed by atoms with Crippen molar-refractivity contribution in [2.45, 2.75) is 25.1 Å². The molecule has 0 amide bonds. The van der Waals surface area contributed by atoms with Crippen LogP contribution < -0.4 is 5.32 Å². The summed E-state index contributed by atoms with van der Waals surface area (Å²) in [5, 5.41) is 3.11. The van der Waals surface area contributed by atoms with Gasteiger partial charge in [-0.15, -0.1) is 0 Å². The van der Waals surface area contributed by atoms with Crippen LogP contribution in [0.15, 0.2) is 18.2 Å². The Morgan fingerprint density at radius 1 is 1.43 bits per heavy atom. The van der Waals surface area contributed by atoms with E-state index in [0.717, 1.165) is 19.4 Å². The molecule has 0 spiro atoms. The summed E-state index contributed by atoms with van der Waals surface area (Å²) in [5.41, 5.74) is -0.186. The average molecular weight is 320 g/mol. The normalized spacial score (nSPS) is 31.9. The first-order valence-corrected chi connectivity index (χ1v) is 7.35. The van der Waals surface area contributed by atoms with E-state index in [1.807, 2.05) is 0 Å². The van der Waals surface area contributed by atoms with Gasteiger partial charge in [0.1, 0.15) is 0 Å². The van der Waals surface area contributed by atoms with Crippen LogP contribution in [-0.2, 0) is 10.9 Å². The van der Waals surface area contributed by atoms with Crippen molar-refractivity contribution in [2.24, 2.45) is 11.3 Å². The van der Waals surface area contributed by atoms with Crippen molar-refractivity contribution in [3.05, 3.63) is 34.3 Å². The van der Waals surface area contributed by atoms with Gasteiger partial charge in [-0.1, -0.05) is 17.7 Å². The van der Waals surface area contributed by atoms with E-state index in [4.69, 9.17) is 16.3 Å². The highest BCUT2D eigenvalue weighted by atomic mass is 35.5. The fourth-order valence-electron chi connectivity index (χ4n) is 3.67. The standard InChI is InChI=1S/C15H17ClF3NO/c1-21-8-14-7-10(14)4-5-20-13(14)9-2-3-12(16)11(6-9)15(17,18)19/h2-3,6,10,13,20H,4-5,7-8H2,1H3/t10-,13?,14-/m0/s1. The van der Waals surface area contributed by atoms with Crippen LogP contribution in [0.2, 0.25) is 5.02 Å². The zero-order valence-electron chi connectivity index (χ0n) is 11.6. The van der Waals surface area contributed by atoms with E-state index in [2.05, 4.69) is 5.32 Å². The molecule has 1 saturated heterocycles. The molecule has 3 rings (SSSR count). The summed E-state index contributed by atoms with van der Waals surface area (Å²) >= 11 is 5.70. The Morgan fingerprint density at radius 3 is 2.86 bits per heavy atom.